The van der Waals surface area contributed by atoms with E-state index in [1.54, 1.807) is 6.20 Å². The predicted octanol–water partition coefficient (Wildman–Crippen LogP) is 2.26. The first-order valence-corrected chi connectivity index (χ1v) is 10.6. The zero-order valence-corrected chi connectivity index (χ0v) is 16.1. The summed E-state index contributed by atoms with van der Waals surface area (Å²) in [5, 5.41) is 0. The molecule has 1 aromatic heterocycles. The summed E-state index contributed by atoms with van der Waals surface area (Å²) in [6, 6.07) is 4.25. The number of aromatic nitrogens is 1. The molecule has 27 heavy (non-hydrogen) atoms. The number of hydrogen-bond acceptors (Lipinski definition) is 5. The topological polar surface area (TPSA) is 66.5 Å². The van der Waals surface area contributed by atoms with E-state index in [-0.39, 0.29) is 18.1 Å². The lowest BCUT2D eigenvalue weighted by Crippen LogP contribution is -2.50. The monoisotopic (exact) mass is 372 g/mol. The molecule has 148 valence electrons. The highest BCUT2D eigenvalue weighted by Gasteiger charge is 2.41. The van der Waals surface area contributed by atoms with Crippen molar-refractivity contribution in [1.29, 1.82) is 0 Å². The molecule has 2 aliphatic heterocycles. The van der Waals surface area contributed by atoms with Crippen LogP contribution in [0.2, 0.25) is 0 Å². The third kappa shape index (κ3) is 4.68. The van der Waals surface area contributed by atoms with Gasteiger partial charge in [-0.05, 0) is 43.2 Å². The number of ether oxygens (including phenoxy) is 1. The maximum atomic E-state index is 13.3. The maximum absolute atomic E-state index is 13.3. The summed E-state index contributed by atoms with van der Waals surface area (Å²) in [5.74, 6) is 0.994. The van der Waals surface area contributed by atoms with E-state index in [1.807, 2.05) is 23.2 Å². The largest absolute Gasteiger partial charge is 0.372 e. The minimum atomic E-state index is 0.0603. The molecule has 6 nitrogen and oxygen atoms in total. The highest BCUT2D eigenvalue weighted by Crippen LogP contribution is 2.32. The molecular weight excluding hydrogens is 340 g/mol. The molecule has 0 radical (unpaired) electrons. The molecule has 6 heteroatoms. The number of nitrogens with zero attached hydrogens (tertiary/aromatic N) is 2. The molecule has 0 spiro atoms. The number of hydrazine groups is 1. The van der Waals surface area contributed by atoms with Crippen molar-refractivity contribution < 1.29 is 9.53 Å². The number of likely N-dealkylation sites (tertiary alicyclic amines) is 1. The van der Waals surface area contributed by atoms with E-state index in [9.17, 15) is 4.79 Å². The number of nitrogens with one attached hydrogen (secondary N) is 2. The summed E-state index contributed by atoms with van der Waals surface area (Å²) in [7, 11) is 0. The molecule has 0 aromatic carbocycles. The molecule has 3 atom stereocenters. The second-order valence-electron chi connectivity index (χ2n) is 8.28. The van der Waals surface area contributed by atoms with Crippen LogP contribution in [0.4, 0.5) is 0 Å². The smallest absolute Gasteiger partial charge is 0.228 e. The van der Waals surface area contributed by atoms with Gasteiger partial charge in [-0.2, -0.15) is 0 Å². The van der Waals surface area contributed by atoms with E-state index in [1.165, 1.54) is 32.1 Å². The van der Waals surface area contributed by atoms with Crippen LogP contribution in [0.5, 0.6) is 0 Å². The van der Waals surface area contributed by atoms with Gasteiger partial charge in [0.2, 0.25) is 5.91 Å². The van der Waals surface area contributed by atoms with Gasteiger partial charge in [0.05, 0.1) is 18.6 Å². The zero-order valence-electron chi connectivity index (χ0n) is 16.1. The fourth-order valence-electron chi connectivity index (χ4n) is 4.90. The summed E-state index contributed by atoms with van der Waals surface area (Å²) in [6.45, 7) is 2.89. The Labute approximate surface area is 162 Å². The van der Waals surface area contributed by atoms with Gasteiger partial charge in [0, 0.05) is 38.1 Å². The van der Waals surface area contributed by atoms with Crippen molar-refractivity contribution >= 4 is 5.91 Å². The number of carbonyl (C=O) groups excluding carboxylic acids is 1. The Bertz CT molecular complexity index is 605. The lowest BCUT2D eigenvalue weighted by atomic mass is 9.79. The van der Waals surface area contributed by atoms with Crippen molar-refractivity contribution in [2.45, 2.75) is 63.7 Å². The van der Waals surface area contributed by atoms with Crippen LogP contribution < -0.4 is 10.9 Å². The van der Waals surface area contributed by atoms with Gasteiger partial charge in [-0.25, -0.2) is 0 Å². The van der Waals surface area contributed by atoms with E-state index in [0.717, 1.165) is 31.5 Å². The van der Waals surface area contributed by atoms with Crippen molar-refractivity contribution in [3.05, 3.63) is 30.1 Å². The second kappa shape index (κ2) is 9.13. The first-order chi connectivity index (χ1) is 13.3. The van der Waals surface area contributed by atoms with E-state index in [0.29, 0.717) is 25.0 Å². The second-order valence-corrected chi connectivity index (χ2v) is 8.28. The van der Waals surface area contributed by atoms with Crippen LogP contribution >= 0.6 is 0 Å². The first kappa shape index (κ1) is 18.8. The van der Waals surface area contributed by atoms with Gasteiger partial charge in [-0.15, -0.1) is 0 Å². The number of rotatable bonds is 5. The molecule has 3 fully saturated rings. The molecule has 2 N–H and O–H groups in total. The Balaban J connectivity index is 1.32. The summed E-state index contributed by atoms with van der Waals surface area (Å²) in [6.07, 6.45) is 12.2. The summed E-state index contributed by atoms with van der Waals surface area (Å²) in [5.41, 5.74) is 7.77. The van der Waals surface area contributed by atoms with Gasteiger partial charge in [0.25, 0.3) is 0 Å². The summed E-state index contributed by atoms with van der Waals surface area (Å²) < 4.78 is 6.09. The van der Waals surface area contributed by atoms with Crippen LogP contribution in [-0.4, -0.2) is 47.6 Å². The summed E-state index contributed by atoms with van der Waals surface area (Å²) >= 11 is 0. The fourth-order valence-corrected chi connectivity index (χ4v) is 4.90. The number of amides is 1. The van der Waals surface area contributed by atoms with Crippen LogP contribution in [0.3, 0.4) is 0 Å². The summed E-state index contributed by atoms with van der Waals surface area (Å²) in [4.78, 5) is 19.4. The highest BCUT2D eigenvalue weighted by atomic mass is 16.5. The van der Waals surface area contributed by atoms with Crippen LogP contribution in [0.15, 0.2) is 24.5 Å². The van der Waals surface area contributed by atoms with Gasteiger partial charge in [0.15, 0.2) is 0 Å². The average Bonchev–Trinajstić information content (AvgIpc) is 3.23. The number of piperidine rings is 1. The van der Waals surface area contributed by atoms with Crippen molar-refractivity contribution in [2.24, 2.45) is 11.8 Å². The van der Waals surface area contributed by atoms with Crippen LogP contribution in [0.25, 0.3) is 0 Å². The molecule has 3 aliphatic rings. The van der Waals surface area contributed by atoms with E-state index in [2.05, 4.69) is 15.8 Å². The number of pyridine rings is 1. The van der Waals surface area contributed by atoms with Gasteiger partial charge in [-0.3, -0.25) is 20.6 Å². The molecule has 2 saturated heterocycles. The third-order valence-electron chi connectivity index (χ3n) is 6.40. The van der Waals surface area contributed by atoms with E-state index < -0.39 is 0 Å². The maximum Gasteiger partial charge on any atom is 0.228 e. The Morgan fingerprint density at radius 3 is 2.93 bits per heavy atom. The average molecular weight is 373 g/mol. The number of carbonyl (C=O) groups is 1. The quantitative estimate of drug-likeness (QED) is 0.830. The molecule has 1 saturated carbocycles. The van der Waals surface area contributed by atoms with Gasteiger partial charge >= 0.3 is 0 Å². The van der Waals surface area contributed by atoms with E-state index >= 15 is 0 Å². The van der Waals surface area contributed by atoms with Crippen molar-refractivity contribution in [3.8, 4) is 0 Å². The molecule has 1 amide bonds. The molecule has 1 aliphatic carbocycles. The van der Waals surface area contributed by atoms with Crippen LogP contribution in [-0.2, 0) is 16.1 Å². The Morgan fingerprint density at radius 1 is 1.22 bits per heavy atom. The van der Waals surface area contributed by atoms with Gasteiger partial charge < -0.3 is 9.64 Å². The standard InChI is InChI=1S/C21H32N4O2/c26-21(19-13-23-24-20(19)17-7-2-1-3-8-17)25-11-5-9-18(14-25)27-15-16-6-4-10-22-12-16/h4,6,10,12,17-20,23-24H,1-3,5,7-9,11,13-15H2. The van der Waals surface area contributed by atoms with Crippen molar-refractivity contribution in [3.63, 3.8) is 0 Å². The predicted molar refractivity (Wildman–Crippen MR) is 104 cm³/mol. The minimum absolute atomic E-state index is 0.0603. The minimum Gasteiger partial charge on any atom is -0.372 e. The molecular formula is C21H32N4O2. The Kier molecular flexibility index (Phi) is 6.37. The zero-order chi connectivity index (χ0) is 18.5. The fraction of sp³-hybridized carbons (Fsp3) is 0.714. The first-order valence-electron chi connectivity index (χ1n) is 10.6. The SMILES string of the molecule is O=C(C1CNNC1C1CCCCC1)N1CCCC(OCc2cccnc2)C1. The van der Waals surface area contributed by atoms with Gasteiger partial charge in [0.1, 0.15) is 0 Å². The molecule has 3 heterocycles. The van der Waals surface area contributed by atoms with Crippen molar-refractivity contribution in [1.82, 2.24) is 20.7 Å². The molecule has 4 rings (SSSR count). The van der Waals surface area contributed by atoms with Crippen molar-refractivity contribution in [2.75, 3.05) is 19.6 Å². The van der Waals surface area contributed by atoms with Crippen LogP contribution in [0, 0.1) is 11.8 Å². The highest BCUT2D eigenvalue weighted by molar-refractivity contribution is 5.80. The Morgan fingerprint density at radius 2 is 2.11 bits per heavy atom. The van der Waals surface area contributed by atoms with Gasteiger partial charge in [-0.1, -0.05) is 25.3 Å². The molecule has 1 aromatic rings. The lowest BCUT2D eigenvalue weighted by Gasteiger charge is -2.37. The molecule has 0 bridgehead atoms. The normalized spacial score (nSPS) is 29.8. The van der Waals surface area contributed by atoms with Crippen LogP contribution in [0.1, 0.15) is 50.5 Å². The lowest BCUT2D eigenvalue weighted by molar-refractivity contribution is -0.140. The third-order valence-corrected chi connectivity index (χ3v) is 6.40. The Hall–Kier alpha value is -1.50. The molecule has 3 unspecified atom stereocenters. The number of hydrogen-bond donors (Lipinski definition) is 2. The van der Waals surface area contributed by atoms with E-state index in [4.69, 9.17) is 4.74 Å².